The molecule has 4 aliphatic rings. The van der Waals surface area contributed by atoms with E-state index >= 15 is 0 Å². The van der Waals surface area contributed by atoms with Crippen LogP contribution in [0.3, 0.4) is 0 Å². The van der Waals surface area contributed by atoms with Crippen LogP contribution < -0.4 is 5.56 Å². The van der Waals surface area contributed by atoms with Gasteiger partial charge in [-0.3, -0.25) is 14.2 Å². The van der Waals surface area contributed by atoms with Crippen LogP contribution in [0, 0.1) is 17.8 Å². The number of thiophene rings is 1. The number of carbonyl (C=O) groups excluding carboxylic acids is 1. The molecule has 4 aliphatic carbocycles. The molecule has 4 fully saturated rings. The van der Waals surface area contributed by atoms with Crippen LogP contribution in [-0.4, -0.2) is 25.9 Å². The molecule has 7 rings (SSSR count). The van der Waals surface area contributed by atoms with Gasteiger partial charge in [0.1, 0.15) is 17.1 Å². The van der Waals surface area contributed by atoms with Gasteiger partial charge in [-0.2, -0.15) is 0 Å². The number of nitrogens with zero attached hydrogens (tertiary/aromatic N) is 3. The third-order valence-corrected chi connectivity index (χ3v) is 8.35. The van der Waals surface area contributed by atoms with Crippen LogP contribution in [0.1, 0.15) is 44.3 Å². The Hall–Kier alpha value is -2.41. The second-order valence-corrected chi connectivity index (χ2v) is 10.4. The molecule has 3 aromatic rings. The van der Waals surface area contributed by atoms with Gasteiger partial charge < -0.3 is 9.32 Å². The van der Waals surface area contributed by atoms with Crippen LogP contribution in [-0.2, 0) is 17.9 Å². The van der Waals surface area contributed by atoms with E-state index in [2.05, 4.69) is 9.88 Å². The fraction of sp³-hybridized carbons (Fsp3) is 0.522. The van der Waals surface area contributed by atoms with E-state index in [0.29, 0.717) is 11.9 Å². The second kappa shape index (κ2) is 6.80. The van der Waals surface area contributed by atoms with Crippen molar-refractivity contribution in [3.8, 4) is 0 Å². The SMILES string of the molecule is O=C(Cn1cnc2sccc2c1=O)N(Cc1ccco1)C12CC3CC(CC(C3)C1)C2. The summed E-state index contributed by atoms with van der Waals surface area (Å²) in [6, 6.07) is 5.60. The molecule has 3 aromatic heterocycles. The molecule has 156 valence electrons. The topological polar surface area (TPSA) is 68.3 Å². The van der Waals surface area contributed by atoms with Crippen molar-refractivity contribution in [1.29, 1.82) is 0 Å². The minimum atomic E-state index is -0.141. The van der Waals surface area contributed by atoms with E-state index < -0.39 is 0 Å². The van der Waals surface area contributed by atoms with E-state index in [1.807, 2.05) is 17.5 Å². The van der Waals surface area contributed by atoms with Crippen LogP contribution in [0.25, 0.3) is 10.2 Å². The summed E-state index contributed by atoms with van der Waals surface area (Å²) in [6.07, 6.45) is 10.4. The zero-order valence-corrected chi connectivity index (χ0v) is 17.6. The molecule has 0 unspecified atom stereocenters. The highest BCUT2D eigenvalue weighted by molar-refractivity contribution is 7.16. The highest BCUT2D eigenvalue weighted by Gasteiger charge is 2.54. The lowest BCUT2D eigenvalue weighted by Crippen LogP contribution is -2.61. The summed E-state index contributed by atoms with van der Waals surface area (Å²) < 4.78 is 7.09. The molecule has 0 N–H and O–H groups in total. The van der Waals surface area contributed by atoms with Crippen molar-refractivity contribution < 1.29 is 9.21 Å². The Morgan fingerprint density at radius 3 is 2.60 bits per heavy atom. The first-order chi connectivity index (χ1) is 14.6. The minimum Gasteiger partial charge on any atom is -0.467 e. The predicted octanol–water partition coefficient (Wildman–Crippen LogP) is 4.05. The molecule has 0 radical (unpaired) electrons. The number of amides is 1. The molecule has 30 heavy (non-hydrogen) atoms. The van der Waals surface area contributed by atoms with Gasteiger partial charge in [-0.1, -0.05) is 0 Å². The van der Waals surface area contributed by atoms with Gasteiger partial charge in [0, 0.05) is 5.54 Å². The van der Waals surface area contributed by atoms with Crippen molar-refractivity contribution in [2.24, 2.45) is 17.8 Å². The average Bonchev–Trinajstić information content (AvgIpc) is 3.39. The van der Waals surface area contributed by atoms with Gasteiger partial charge in [0.15, 0.2) is 0 Å². The number of furan rings is 1. The highest BCUT2D eigenvalue weighted by Crippen LogP contribution is 2.58. The average molecular weight is 424 g/mol. The van der Waals surface area contributed by atoms with Crippen LogP contribution in [0.15, 0.2) is 45.4 Å². The van der Waals surface area contributed by atoms with Crippen molar-refractivity contribution in [3.63, 3.8) is 0 Å². The van der Waals surface area contributed by atoms with Gasteiger partial charge in [0.2, 0.25) is 5.91 Å². The lowest BCUT2D eigenvalue weighted by Gasteiger charge is -2.60. The van der Waals surface area contributed by atoms with E-state index in [1.165, 1.54) is 41.5 Å². The number of fused-ring (bicyclic) bond motifs is 1. The first-order valence-electron chi connectivity index (χ1n) is 10.9. The molecule has 3 heterocycles. The molecule has 4 saturated carbocycles. The van der Waals surface area contributed by atoms with Gasteiger partial charge in [0.25, 0.3) is 5.56 Å². The fourth-order valence-corrected chi connectivity index (χ4v) is 7.43. The summed E-state index contributed by atoms with van der Waals surface area (Å²) in [7, 11) is 0. The number of hydrogen-bond donors (Lipinski definition) is 0. The Labute approximate surface area is 178 Å². The first-order valence-corrected chi connectivity index (χ1v) is 11.7. The lowest BCUT2D eigenvalue weighted by molar-refractivity contribution is -0.153. The molecule has 7 heteroatoms. The van der Waals surface area contributed by atoms with Crippen molar-refractivity contribution in [2.45, 2.75) is 57.2 Å². The van der Waals surface area contributed by atoms with Crippen molar-refractivity contribution in [1.82, 2.24) is 14.5 Å². The Morgan fingerprint density at radius 2 is 1.93 bits per heavy atom. The van der Waals surface area contributed by atoms with Gasteiger partial charge >= 0.3 is 0 Å². The smallest absolute Gasteiger partial charge is 0.262 e. The van der Waals surface area contributed by atoms with E-state index in [4.69, 9.17) is 4.42 Å². The van der Waals surface area contributed by atoms with Crippen LogP contribution >= 0.6 is 11.3 Å². The number of carbonyl (C=O) groups is 1. The Bertz CT molecular complexity index is 1110. The minimum absolute atomic E-state index is 0.00757. The monoisotopic (exact) mass is 423 g/mol. The molecule has 1 amide bonds. The Morgan fingerprint density at radius 1 is 1.20 bits per heavy atom. The number of rotatable bonds is 5. The van der Waals surface area contributed by atoms with Crippen molar-refractivity contribution in [3.05, 3.63) is 52.3 Å². The number of hydrogen-bond acceptors (Lipinski definition) is 5. The van der Waals surface area contributed by atoms with Gasteiger partial charge in [-0.25, -0.2) is 4.98 Å². The highest BCUT2D eigenvalue weighted by atomic mass is 32.1. The van der Waals surface area contributed by atoms with E-state index in [1.54, 1.807) is 12.3 Å². The van der Waals surface area contributed by atoms with Crippen molar-refractivity contribution in [2.75, 3.05) is 0 Å². The Kier molecular flexibility index (Phi) is 4.17. The Balaban J connectivity index is 1.34. The normalized spacial score (nSPS) is 29.5. The van der Waals surface area contributed by atoms with Crippen molar-refractivity contribution >= 4 is 27.5 Å². The van der Waals surface area contributed by atoms with Crippen LogP contribution in [0.5, 0.6) is 0 Å². The molecular formula is C23H25N3O3S. The van der Waals surface area contributed by atoms with Crippen LogP contribution in [0.2, 0.25) is 0 Å². The molecule has 6 nitrogen and oxygen atoms in total. The quantitative estimate of drug-likeness (QED) is 0.621. The summed E-state index contributed by atoms with van der Waals surface area (Å²) >= 11 is 1.44. The van der Waals surface area contributed by atoms with Crippen LogP contribution in [0.4, 0.5) is 0 Å². The third kappa shape index (κ3) is 2.94. The second-order valence-electron chi connectivity index (χ2n) is 9.52. The predicted molar refractivity (Wildman–Crippen MR) is 114 cm³/mol. The van der Waals surface area contributed by atoms with Gasteiger partial charge in [-0.05, 0) is 79.9 Å². The molecule has 0 atom stereocenters. The zero-order valence-electron chi connectivity index (χ0n) is 16.8. The molecule has 0 saturated heterocycles. The largest absolute Gasteiger partial charge is 0.467 e. The molecule has 0 spiro atoms. The summed E-state index contributed by atoms with van der Waals surface area (Å²) in [5, 5.41) is 2.45. The maximum Gasteiger partial charge on any atom is 0.262 e. The summed E-state index contributed by atoms with van der Waals surface area (Å²) in [5.41, 5.74) is -0.236. The summed E-state index contributed by atoms with van der Waals surface area (Å²) in [4.78, 5) is 33.7. The molecule has 0 aliphatic heterocycles. The van der Waals surface area contributed by atoms with Gasteiger partial charge in [-0.15, -0.1) is 11.3 Å². The lowest BCUT2D eigenvalue weighted by atomic mass is 9.52. The third-order valence-electron chi connectivity index (χ3n) is 7.53. The van der Waals surface area contributed by atoms with E-state index in [0.717, 1.165) is 47.6 Å². The first kappa shape index (κ1) is 18.4. The standard InChI is InChI=1S/C23H25N3O3S/c27-20(13-25-14-24-21-19(22(25)28)3-5-30-21)26(12-18-2-1-4-29-18)23-9-15-6-16(10-23)8-17(7-15)11-23/h1-5,14-17H,6-13H2. The maximum absolute atomic E-state index is 13.7. The van der Waals surface area contributed by atoms with E-state index in [-0.39, 0.29) is 23.6 Å². The zero-order chi connectivity index (χ0) is 20.3. The maximum atomic E-state index is 13.7. The van der Waals surface area contributed by atoms with Gasteiger partial charge in [0.05, 0.1) is 24.5 Å². The fourth-order valence-electron chi connectivity index (χ4n) is 6.71. The molecule has 4 bridgehead atoms. The van der Waals surface area contributed by atoms with E-state index in [9.17, 15) is 9.59 Å². The number of aromatic nitrogens is 2. The molecule has 0 aromatic carbocycles. The summed E-state index contributed by atoms with van der Waals surface area (Å²) in [6.45, 7) is 0.501. The molecular weight excluding hydrogens is 398 g/mol. The summed E-state index contributed by atoms with van der Waals surface area (Å²) in [5.74, 6) is 2.99.